The Bertz CT molecular complexity index is 913. The second-order valence-corrected chi connectivity index (χ2v) is 13.4. The van der Waals surface area contributed by atoms with Crippen LogP contribution in [0.5, 0.6) is 0 Å². The molecule has 0 atom stereocenters. The van der Waals surface area contributed by atoms with Gasteiger partial charge in [-0.3, -0.25) is 9.80 Å². The molecule has 1 aromatic rings. The first-order chi connectivity index (χ1) is 18.6. The third kappa shape index (κ3) is 8.28. The number of piperidine rings is 4. The van der Waals surface area contributed by atoms with Crippen LogP contribution in [-0.2, 0) is 11.3 Å². The van der Waals surface area contributed by atoms with Gasteiger partial charge in [0.1, 0.15) is 6.61 Å². The monoisotopic (exact) mass is 594 g/mol. The van der Waals surface area contributed by atoms with Crippen LogP contribution in [0.15, 0.2) is 30.3 Å². The van der Waals surface area contributed by atoms with Gasteiger partial charge < -0.3 is 15.0 Å². The molecule has 1 N–H and O–H groups in total. The van der Waals surface area contributed by atoms with Crippen molar-refractivity contribution in [3.8, 4) is 0 Å². The number of nitrogens with zero attached hydrogens (tertiary/aromatic N) is 3. The molecular weight excluding hydrogens is 543 g/mol. The summed E-state index contributed by atoms with van der Waals surface area (Å²) in [5.74, 6) is 0. The summed E-state index contributed by atoms with van der Waals surface area (Å²) in [5, 5.41) is 3.46. The van der Waals surface area contributed by atoms with E-state index < -0.39 is 0 Å². The molecule has 6 nitrogen and oxygen atoms in total. The summed E-state index contributed by atoms with van der Waals surface area (Å²) in [6, 6.07) is 11.5. The summed E-state index contributed by atoms with van der Waals surface area (Å²) in [5.41, 5.74) is 2.54. The predicted molar refractivity (Wildman–Crippen MR) is 167 cm³/mol. The lowest BCUT2D eigenvalue weighted by molar-refractivity contribution is 0.0498. The number of benzene rings is 1. The van der Waals surface area contributed by atoms with Crippen LogP contribution in [0.2, 0.25) is 0 Å². The average molecular weight is 596 g/mol. The van der Waals surface area contributed by atoms with Crippen LogP contribution in [-0.4, -0.2) is 85.2 Å². The quantitative estimate of drug-likeness (QED) is 0.455. The van der Waals surface area contributed by atoms with Gasteiger partial charge in [-0.1, -0.05) is 30.3 Å². The topological polar surface area (TPSA) is 48.1 Å². The summed E-state index contributed by atoms with van der Waals surface area (Å²) < 4.78 is 5.46. The highest BCUT2D eigenvalue weighted by Crippen LogP contribution is 2.53. The van der Waals surface area contributed by atoms with Gasteiger partial charge in [0.25, 0.3) is 0 Å². The summed E-state index contributed by atoms with van der Waals surface area (Å²) in [6.45, 7) is 9.89. The highest BCUT2D eigenvalue weighted by atomic mass is 35.5. The SMILES string of the molecule is C1CN(C2CCNCC2)CC2(C1)CC2.Cl.Cl.O=C(OCc1ccccc1)N1CCC(N2CCCC3(CC3)C2)CC1. The third-order valence-corrected chi connectivity index (χ3v) is 10.6. The van der Waals surface area contributed by atoms with Gasteiger partial charge >= 0.3 is 6.09 Å². The molecule has 2 spiro atoms. The lowest BCUT2D eigenvalue weighted by Gasteiger charge is -2.42. The van der Waals surface area contributed by atoms with Gasteiger partial charge in [-0.15, -0.1) is 24.8 Å². The van der Waals surface area contributed by atoms with Crippen molar-refractivity contribution in [1.82, 2.24) is 20.0 Å². The second-order valence-electron chi connectivity index (χ2n) is 13.4. The first kappa shape index (κ1) is 31.9. The van der Waals surface area contributed by atoms with E-state index in [1.165, 1.54) is 103 Å². The number of rotatable bonds is 4. The first-order valence-electron chi connectivity index (χ1n) is 15.8. The van der Waals surface area contributed by atoms with Crippen LogP contribution in [0.3, 0.4) is 0 Å². The fraction of sp³-hybridized carbons (Fsp3) is 0.781. The van der Waals surface area contributed by atoms with Crippen molar-refractivity contribution in [3.05, 3.63) is 35.9 Å². The lowest BCUT2D eigenvalue weighted by Crippen LogP contribution is -2.50. The summed E-state index contributed by atoms with van der Waals surface area (Å²) in [7, 11) is 0. The summed E-state index contributed by atoms with van der Waals surface area (Å²) in [4.78, 5) is 19.7. The summed E-state index contributed by atoms with van der Waals surface area (Å²) in [6.07, 6.45) is 16.5. The van der Waals surface area contributed by atoms with E-state index in [1.807, 2.05) is 35.2 Å². The van der Waals surface area contributed by atoms with E-state index in [1.54, 1.807) is 0 Å². The van der Waals surface area contributed by atoms with Crippen molar-refractivity contribution < 1.29 is 9.53 Å². The molecule has 0 bridgehead atoms. The lowest BCUT2D eigenvalue weighted by atomic mass is 9.92. The van der Waals surface area contributed by atoms with Gasteiger partial charge in [0.2, 0.25) is 0 Å². The minimum Gasteiger partial charge on any atom is -0.445 e. The van der Waals surface area contributed by atoms with E-state index >= 15 is 0 Å². The molecule has 0 aromatic heterocycles. The molecule has 0 unspecified atom stereocenters. The van der Waals surface area contributed by atoms with E-state index in [-0.39, 0.29) is 30.9 Å². The number of halogens is 2. The maximum Gasteiger partial charge on any atom is 0.410 e. The van der Waals surface area contributed by atoms with Gasteiger partial charge in [-0.25, -0.2) is 4.79 Å². The molecule has 40 heavy (non-hydrogen) atoms. The normalized spacial score (nSPS) is 26.1. The smallest absolute Gasteiger partial charge is 0.410 e. The second kappa shape index (κ2) is 14.4. The van der Waals surface area contributed by atoms with Crippen LogP contribution in [0.4, 0.5) is 4.79 Å². The van der Waals surface area contributed by atoms with Crippen molar-refractivity contribution in [2.75, 3.05) is 52.4 Å². The number of hydrogen-bond donors (Lipinski definition) is 1. The molecule has 8 heteroatoms. The molecule has 7 rings (SSSR count). The van der Waals surface area contributed by atoms with Crippen molar-refractivity contribution >= 4 is 30.9 Å². The fourth-order valence-electron chi connectivity index (χ4n) is 7.68. The molecule has 4 aliphatic heterocycles. The van der Waals surface area contributed by atoms with E-state index in [0.717, 1.165) is 43.0 Å². The van der Waals surface area contributed by atoms with E-state index in [9.17, 15) is 4.79 Å². The number of amides is 1. The largest absolute Gasteiger partial charge is 0.445 e. The van der Waals surface area contributed by atoms with Crippen LogP contribution in [0.1, 0.15) is 82.6 Å². The first-order valence-corrected chi connectivity index (χ1v) is 15.8. The molecule has 6 fully saturated rings. The average Bonchev–Trinajstić information content (AvgIpc) is 3.92. The molecule has 1 amide bonds. The number of nitrogens with one attached hydrogen (secondary N) is 1. The maximum absolute atomic E-state index is 12.3. The molecule has 1 aromatic carbocycles. The zero-order valence-corrected chi connectivity index (χ0v) is 26.0. The highest BCUT2D eigenvalue weighted by molar-refractivity contribution is 5.85. The molecule has 6 aliphatic rings. The Hall–Kier alpha value is -1.05. The molecule has 4 saturated heterocycles. The minimum absolute atomic E-state index is 0. The van der Waals surface area contributed by atoms with E-state index in [0.29, 0.717) is 18.1 Å². The van der Waals surface area contributed by atoms with E-state index in [4.69, 9.17) is 4.74 Å². The Balaban J connectivity index is 0.000000198. The molecule has 2 aliphatic carbocycles. The Morgan fingerprint density at radius 2 is 1.27 bits per heavy atom. The van der Waals surface area contributed by atoms with Gasteiger partial charge in [-0.05, 0) is 120 Å². The van der Waals surface area contributed by atoms with Crippen molar-refractivity contribution in [3.63, 3.8) is 0 Å². The fourth-order valence-corrected chi connectivity index (χ4v) is 7.68. The Morgan fingerprint density at radius 3 is 1.80 bits per heavy atom. The number of carbonyl (C=O) groups is 1. The predicted octanol–water partition coefficient (Wildman–Crippen LogP) is 6.12. The van der Waals surface area contributed by atoms with E-state index in [2.05, 4.69) is 15.1 Å². The van der Waals surface area contributed by atoms with Crippen LogP contribution in [0, 0.1) is 10.8 Å². The Morgan fingerprint density at radius 1 is 0.750 bits per heavy atom. The number of likely N-dealkylation sites (tertiary alicyclic amines) is 3. The Labute approximate surface area is 254 Å². The van der Waals surface area contributed by atoms with Crippen molar-refractivity contribution in [1.29, 1.82) is 0 Å². The third-order valence-electron chi connectivity index (χ3n) is 10.6. The maximum atomic E-state index is 12.3. The standard InChI is InChI=1S/C20H28N2O2.C12H22N2.2ClH/c23-19(24-15-17-5-2-1-3-6-17)21-13-7-18(8-14-21)22-12-4-9-20(16-22)10-11-20;1-4-12(5-6-12)10-14(9-1)11-2-7-13-8-3-11;;/h1-3,5-6,18H,4,7-16H2;11,13H,1-10H2;2*1H. The number of hydrogen-bond acceptors (Lipinski definition) is 5. The zero-order chi connectivity index (χ0) is 25.8. The van der Waals surface area contributed by atoms with Crippen LogP contribution >= 0.6 is 24.8 Å². The van der Waals surface area contributed by atoms with Gasteiger partial charge in [-0.2, -0.15) is 0 Å². The summed E-state index contributed by atoms with van der Waals surface area (Å²) >= 11 is 0. The molecular formula is C32H52Cl2N4O2. The van der Waals surface area contributed by atoms with Crippen LogP contribution < -0.4 is 5.32 Å². The van der Waals surface area contributed by atoms with Gasteiger partial charge in [0, 0.05) is 38.3 Å². The van der Waals surface area contributed by atoms with Crippen molar-refractivity contribution in [2.45, 2.75) is 95.7 Å². The zero-order valence-electron chi connectivity index (χ0n) is 24.4. The Kier molecular flexibility index (Phi) is 11.5. The molecule has 2 saturated carbocycles. The van der Waals surface area contributed by atoms with Crippen LogP contribution in [0.25, 0.3) is 0 Å². The molecule has 226 valence electrons. The number of ether oxygens (including phenoxy) is 1. The van der Waals surface area contributed by atoms with Gasteiger partial charge in [0.05, 0.1) is 0 Å². The number of carbonyl (C=O) groups excluding carboxylic acids is 1. The van der Waals surface area contributed by atoms with Crippen molar-refractivity contribution in [2.24, 2.45) is 10.8 Å². The molecule has 0 radical (unpaired) electrons. The van der Waals surface area contributed by atoms with Gasteiger partial charge in [0.15, 0.2) is 0 Å². The minimum atomic E-state index is -0.158. The molecule has 4 heterocycles. The highest BCUT2D eigenvalue weighted by Gasteiger charge is 2.47.